The zero-order valence-corrected chi connectivity index (χ0v) is 18.2. The van der Waals surface area contributed by atoms with E-state index >= 15 is 0 Å². The number of hydrogen-bond acceptors (Lipinski definition) is 5. The number of carbonyl (C=O) groups is 2. The second-order valence-electron chi connectivity index (χ2n) is 8.24. The van der Waals surface area contributed by atoms with Crippen LogP contribution in [0.3, 0.4) is 0 Å². The molecule has 2 heterocycles. The lowest BCUT2D eigenvalue weighted by Crippen LogP contribution is -2.45. The van der Waals surface area contributed by atoms with Crippen molar-refractivity contribution in [3.8, 4) is 12.1 Å². The van der Waals surface area contributed by atoms with E-state index in [0.717, 1.165) is 25.7 Å². The van der Waals surface area contributed by atoms with E-state index in [1.165, 1.54) is 25.7 Å². The lowest BCUT2D eigenvalue weighted by molar-refractivity contribution is -0.132. The minimum absolute atomic E-state index is 0.0253. The predicted molar refractivity (Wildman–Crippen MR) is 111 cm³/mol. The fourth-order valence-electron chi connectivity index (χ4n) is 4.58. The molecule has 0 unspecified atom stereocenters. The quantitative estimate of drug-likeness (QED) is 0.703. The third-order valence-corrected chi connectivity index (χ3v) is 6.45. The highest BCUT2D eigenvalue weighted by molar-refractivity contribution is 6.27. The summed E-state index contributed by atoms with van der Waals surface area (Å²) in [6, 6.07) is 4.77. The van der Waals surface area contributed by atoms with Gasteiger partial charge in [-0.15, -0.1) is 11.6 Å². The van der Waals surface area contributed by atoms with Gasteiger partial charge in [0.2, 0.25) is 11.8 Å². The second kappa shape index (κ2) is 11.4. The van der Waals surface area contributed by atoms with Gasteiger partial charge in [-0.1, -0.05) is 12.8 Å². The summed E-state index contributed by atoms with van der Waals surface area (Å²) in [5.41, 5.74) is 0. The number of nitrogens with one attached hydrogen (secondary N) is 1. The third-order valence-electron chi connectivity index (χ3n) is 6.22. The molecule has 3 fully saturated rings. The number of nitriles is 2. The Morgan fingerprint density at radius 2 is 1.38 bits per heavy atom. The summed E-state index contributed by atoms with van der Waals surface area (Å²) < 4.78 is 0. The first-order chi connectivity index (χ1) is 13.9. The molecule has 0 radical (unpaired) electrons. The molecule has 2 aliphatic heterocycles. The van der Waals surface area contributed by atoms with E-state index in [9.17, 15) is 9.59 Å². The summed E-state index contributed by atoms with van der Waals surface area (Å²) in [5.74, 6) is -0.0654. The largest absolute Gasteiger partial charge is 0.323 e. The van der Waals surface area contributed by atoms with Crippen LogP contribution in [0.5, 0.6) is 0 Å². The van der Waals surface area contributed by atoms with E-state index in [2.05, 4.69) is 17.5 Å². The van der Waals surface area contributed by atoms with Crippen LogP contribution in [0.15, 0.2) is 0 Å². The van der Waals surface area contributed by atoms with E-state index in [1.54, 1.807) is 9.80 Å². The molecule has 1 saturated carbocycles. The maximum absolute atomic E-state index is 12.1. The molecule has 2 amide bonds. The molecule has 2 saturated heterocycles. The molecule has 3 rings (SSSR count). The van der Waals surface area contributed by atoms with Crippen LogP contribution in [-0.4, -0.2) is 64.2 Å². The van der Waals surface area contributed by atoms with Gasteiger partial charge >= 0.3 is 0 Å². The minimum Gasteiger partial charge on any atom is -0.323 e. The molecule has 0 aromatic rings. The zero-order valence-electron chi connectivity index (χ0n) is 17.4. The maximum atomic E-state index is 12.1. The zero-order chi connectivity index (χ0) is 21.4. The van der Waals surface area contributed by atoms with Crippen LogP contribution in [0.25, 0.3) is 0 Å². The lowest BCUT2D eigenvalue weighted by Gasteiger charge is -2.25. The van der Waals surface area contributed by atoms with Gasteiger partial charge in [-0.05, 0) is 52.4 Å². The molecule has 0 spiro atoms. The molecule has 4 atom stereocenters. The molecule has 0 aromatic carbocycles. The number of halogens is 1. The van der Waals surface area contributed by atoms with Crippen molar-refractivity contribution in [1.82, 2.24) is 15.1 Å². The van der Waals surface area contributed by atoms with Crippen LogP contribution in [0.1, 0.15) is 65.2 Å². The van der Waals surface area contributed by atoms with Gasteiger partial charge in [-0.3, -0.25) is 9.59 Å². The van der Waals surface area contributed by atoms with Gasteiger partial charge in [0.25, 0.3) is 0 Å². The van der Waals surface area contributed by atoms with E-state index in [4.69, 9.17) is 22.1 Å². The molecule has 1 N–H and O–H groups in total. The molecule has 0 aromatic heterocycles. The topological polar surface area (TPSA) is 100 Å². The first-order valence-electron chi connectivity index (χ1n) is 10.6. The van der Waals surface area contributed by atoms with Gasteiger partial charge in [0, 0.05) is 18.1 Å². The van der Waals surface area contributed by atoms with Crippen LogP contribution in [0.2, 0.25) is 0 Å². The summed E-state index contributed by atoms with van der Waals surface area (Å²) in [7, 11) is 0. The Labute approximate surface area is 179 Å². The normalized spacial score (nSPS) is 29.1. The number of nitrogens with zero attached hydrogens (tertiary/aromatic N) is 4. The van der Waals surface area contributed by atoms with Crippen molar-refractivity contribution >= 4 is 23.4 Å². The first-order valence-corrected chi connectivity index (χ1v) is 11.2. The number of hydrogen-bond donors (Lipinski definition) is 1. The van der Waals surface area contributed by atoms with Crippen molar-refractivity contribution in [2.75, 3.05) is 12.4 Å². The predicted octanol–water partition coefficient (Wildman–Crippen LogP) is 2.55. The highest BCUT2D eigenvalue weighted by Crippen LogP contribution is 2.24. The fraction of sp³-hybridized carbons (Fsp3) is 0.810. The Kier molecular flexibility index (Phi) is 9.20. The molecule has 160 valence electrons. The molecular formula is C21H32ClN5O2. The molecule has 8 heteroatoms. The molecule has 29 heavy (non-hydrogen) atoms. The highest BCUT2D eigenvalue weighted by Gasteiger charge is 2.34. The summed E-state index contributed by atoms with van der Waals surface area (Å²) in [6.07, 6.45) is 8.37. The average Bonchev–Trinajstić information content (AvgIpc) is 3.45. The first kappa shape index (κ1) is 23.4. The van der Waals surface area contributed by atoms with E-state index in [-0.39, 0.29) is 41.9 Å². The number of amides is 2. The summed E-state index contributed by atoms with van der Waals surface area (Å²) >= 11 is 5.42. The second-order valence-corrected chi connectivity index (χ2v) is 8.51. The Morgan fingerprint density at radius 1 is 0.897 bits per heavy atom. The maximum Gasteiger partial charge on any atom is 0.238 e. The molecule has 3 aliphatic rings. The van der Waals surface area contributed by atoms with Crippen molar-refractivity contribution < 1.29 is 9.59 Å². The van der Waals surface area contributed by atoms with Gasteiger partial charge in [-0.2, -0.15) is 10.5 Å². The molecule has 7 nitrogen and oxygen atoms in total. The van der Waals surface area contributed by atoms with Gasteiger partial charge in [-0.25, -0.2) is 0 Å². The number of rotatable bonds is 4. The molecule has 0 bridgehead atoms. The van der Waals surface area contributed by atoms with Crippen molar-refractivity contribution in [3.05, 3.63) is 0 Å². The Bertz CT molecular complexity index is 652. The van der Waals surface area contributed by atoms with Crippen LogP contribution < -0.4 is 5.32 Å². The van der Waals surface area contributed by atoms with E-state index in [1.807, 2.05) is 13.8 Å². The van der Waals surface area contributed by atoms with Crippen LogP contribution in [0.4, 0.5) is 0 Å². The van der Waals surface area contributed by atoms with Crippen LogP contribution in [0, 0.1) is 22.7 Å². The molecule has 1 aliphatic carbocycles. The standard InChI is InChI=1S/C13H21N3O.C8H11ClN2O/c1-10-6-7-12(8-14)16(10)13(17)9-15-11-4-2-3-5-11;1-6-2-3-7(5-10)11(6)8(12)4-9/h10-12,15H,2-7,9H2,1H3;6-7H,2-4H2,1H3/t10-,12-;6-,7-/m00/s1. The van der Waals surface area contributed by atoms with Gasteiger partial charge in [0.15, 0.2) is 0 Å². The number of carbonyl (C=O) groups excluding carboxylic acids is 2. The van der Waals surface area contributed by atoms with Crippen molar-refractivity contribution in [1.29, 1.82) is 10.5 Å². The minimum atomic E-state index is -0.258. The van der Waals surface area contributed by atoms with Crippen molar-refractivity contribution in [3.63, 3.8) is 0 Å². The molecular weight excluding hydrogens is 390 g/mol. The van der Waals surface area contributed by atoms with Crippen LogP contribution >= 0.6 is 11.6 Å². The monoisotopic (exact) mass is 421 g/mol. The van der Waals surface area contributed by atoms with Gasteiger partial charge < -0.3 is 15.1 Å². The summed E-state index contributed by atoms with van der Waals surface area (Å²) in [5, 5.41) is 21.1. The SMILES string of the molecule is C[C@H]1CC[C@@H](C#N)N1C(=O)CCl.C[C@H]1CC[C@@H](C#N)N1C(=O)CNC1CCCC1. The smallest absolute Gasteiger partial charge is 0.238 e. The van der Waals surface area contributed by atoms with Crippen LogP contribution in [-0.2, 0) is 9.59 Å². The average molecular weight is 422 g/mol. The summed E-state index contributed by atoms with van der Waals surface area (Å²) in [4.78, 5) is 26.7. The Morgan fingerprint density at radius 3 is 1.83 bits per heavy atom. The van der Waals surface area contributed by atoms with Crippen molar-refractivity contribution in [2.24, 2.45) is 0 Å². The Balaban J connectivity index is 0.000000221. The Hall–Kier alpha value is -1.83. The van der Waals surface area contributed by atoms with Gasteiger partial charge in [0.1, 0.15) is 18.0 Å². The lowest BCUT2D eigenvalue weighted by atomic mass is 10.2. The third kappa shape index (κ3) is 6.07. The van der Waals surface area contributed by atoms with Crippen molar-refractivity contribution in [2.45, 2.75) is 95.4 Å². The number of likely N-dealkylation sites (tertiary alicyclic amines) is 2. The highest BCUT2D eigenvalue weighted by atomic mass is 35.5. The van der Waals surface area contributed by atoms with E-state index < -0.39 is 0 Å². The van der Waals surface area contributed by atoms with E-state index in [0.29, 0.717) is 12.6 Å². The summed E-state index contributed by atoms with van der Waals surface area (Å²) in [6.45, 7) is 4.37. The number of alkyl halides is 1. The van der Waals surface area contributed by atoms with Gasteiger partial charge in [0.05, 0.1) is 18.7 Å². The fourth-order valence-corrected chi connectivity index (χ4v) is 4.72.